The van der Waals surface area contributed by atoms with Gasteiger partial charge in [0.2, 0.25) is 0 Å². The molecule has 4 heteroatoms. The van der Waals surface area contributed by atoms with Crippen molar-refractivity contribution in [2.75, 3.05) is 0 Å². The highest BCUT2D eigenvalue weighted by molar-refractivity contribution is 4.81. The van der Waals surface area contributed by atoms with Crippen LogP contribution in [0.3, 0.4) is 0 Å². The molecule has 22 heavy (non-hydrogen) atoms. The molecule has 3 saturated carbocycles. The predicted molar refractivity (Wildman–Crippen MR) is 88.7 cm³/mol. The lowest BCUT2D eigenvalue weighted by Crippen LogP contribution is -2.38. The molecule has 128 valence electrons. The quantitative estimate of drug-likeness (QED) is 0.837. The smallest absolute Gasteiger partial charge is 0.0603 e. The van der Waals surface area contributed by atoms with Crippen LogP contribution in [-0.4, -0.2) is 36.5 Å². The van der Waals surface area contributed by atoms with Crippen molar-refractivity contribution in [1.82, 2.24) is 0 Å². The van der Waals surface area contributed by atoms with Crippen LogP contribution in [0.4, 0.5) is 0 Å². The molecule has 2 unspecified atom stereocenters. The maximum Gasteiger partial charge on any atom is 0.0603 e. The summed E-state index contributed by atoms with van der Waals surface area (Å²) in [6.45, 7) is 0. The third-order valence-electron chi connectivity index (χ3n) is 5.79. The Morgan fingerprint density at radius 3 is 1.32 bits per heavy atom. The summed E-state index contributed by atoms with van der Waals surface area (Å²) in [7, 11) is 0. The fourth-order valence-electron chi connectivity index (χ4n) is 4.34. The van der Waals surface area contributed by atoms with E-state index in [4.69, 9.17) is 20.9 Å². The molecular formula is C18H34N2O2. The molecule has 0 bridgehead atoms. The van der Waals surface area contributed by atoms with E-state index in [-0.39, 0.29) is 0 Å². The van der Waals surface area contributed by atoms with Crippen LogP contribution < -0.4 is 11.5 Å². The number of ether oxygens (including phenoxy) is 2. The van der Waals surface area contributed by atoms with Crippen LogP contribution in [0, 0.1) is 0 Å². The number of rotatable bonds is 4. The second kappa shape index (κ2) is 8.09. The molecule has 2 atom stereocenters. The molecule has 0 aromatic heterocycles. The lowest BCUT2D eigenvalue weighted by atomic mass is 9.90. The van der Waals surface area contributed by atoms with Crippen LogP contribution in [0.5, 0.6) is 0 Å². The molecule has 0 saturated heterocycles. The molecule has 0 aliphatic heterocycles. The summed E-state index contributed by atoms with van der Waals surface area (Å²) in [4.78, 5) is 0. The van der Waals surface area contributed by atoms with Crippen LogP contribution >= 0.6 is 0 Å². The van der Waals surface area contributed by atoms with E-state index >= 15 is 0 Å². The van der Waals surface area contributed by atoms with Crippen molar-refractivity contribution < 1.29 is 9.47 Å². The van der Waals surface area contributed by atoms with E-state index in [2.05, 4.69) is 0 Å². The summed E-state index contributed by atoms with van der Waals surface area (Å²) in [5.74, 6) is 0. The van der Waals surface area contributed by atoms with Crippen molar-refractivity contribution in [3.63, 3.8) is 0 Å². The van der Waals surface area contributed by atoms with Gasteiger partial charge in [0.25, 0.3) is 0 Å². The molecule has 4 nitrogen and oxygen atoms in total. The second-order valence-corrected chi connectivity index (χ2v) is 7.76. The summed E-state index contributed by atoms with van der Waals surface area (Å²) >= 11 is 0. The molecule has 3 rings (SSSR count). The lowest BCUT2D eigenvalue weighted by molar-refractivity contribution is -0.105. The van der Waals surface area contributed by atoms with E-state index in [1.54, 1.807) is 0 Å². The molecule has 0 aromatic rings. The third kappa shape index (κ3) is 4.92. The third-order valence-corrected chi connectivity index (χ3v) is 5.79. The zero-order chi connectivity index (χ0) is 15.4. The van der Waals surface area contributed by atoms with E-state index in [1.165, 1.54) is 19.3 Å². The van der Waals surface area contributed by atoms with Crippen molar-refractivity contribution in [2.45, 2.75) is 114 Å². The van der Waals surface area contributed by atoms with Gasteiger partial charge >= 0.3 is 0 Å². The van der Waals surface area contributed by atoms with Crippen LogP contribution in [0.2, 0.25) is 0 Å². The Morgan fingerprint density at radius 2 is 0.909 bits per heavy atom. The number of hydrogen-bond donors (Lipinski definition) is 2. The summed E-state index contributed by atoms with van der Waals surface area (Å²) in [5.41, 5.74) is 12.0. The average Bonchev–Trinajstić information content (AvgIpc) is 2.52. The molecule has 4 N–H and O–H groups in total. The molecule has 0 amide bonds. The standard InChI is InChI=1S/C18H34N2O2/c19-13-4-8-15(9-5-13)21-17-2-1-3-18(12-17)22-16-10-6-14(20)7-11-16/h13-18H,1-12,19-20H2. The first kappa shape index (κ1) is 16.7. The molecular weight excluding hydrogens is 276 g/mol. The maximum absolute atomic E-state index is 6.36. The average molecular weight is 310 g/mol. The van der Waals surface area contributed by atoms with Crippen LogP contribution in [0.25, 0.3) is 0 Å². The topological polar surface area (TPSA) is 70.5 Å². The first-order valence-electron chi connectivity index (χ1n) is 9.51. The second-order valence-electron chi connectivity index (χ2n) is 7.76. The molecule has 3 aliphatic rings. The zero-order valence-electron chi connectivity index (χ0n) is 13.9. The SMILES string of the molecule is NC1CCC(OC2CCCC(OC3CCC(N)CC3)C2)CC1. The van der Waals surface area contributed by atoms with Gasteiger partial charge in [-0.1, -0.05) is 0 Å². The monoisotopic (exact) mass is 310 g/mol. The van der Waals surface area contributed by atoms with E-state index in [1.807, 2.05) is 0 Å². The molecule has 3 aliphatic carbocycles. The van der Waals surface area contributed by atoms with Gasteiger partial charge in [0.15, 0.2) is 0 Å². The Bertz CT molecular complexity index is 293. The first-order chi connectivity index (χ1) is 10.7. The Labute approximate surface area is 135 Å². The van der Waals surface area contributed by atoms with Gasteiger partial charge < -0.3 is 20.9 Å². The summed E-state index contributed by atoms with van der Waals surface area (Å²) in [5, 5.41) is 0. The van der Waals surface area contributed by atoms with Crippen molar-refractivity contribution >= 4 is 0 Å². The molecule has 3 fully saturated rings. The van der Waals surface area contributed by atoms with Gasteiger partial charge in [-0.3, -0.25) is 0 Å². The minimum atomic E-state index is 0.403. The first-order valence-corrected chi connectivity index (χ1v) is 9.51. The fourth-order valence-corrected chi connectivity index (χ4v) is 4.34. The highest BCUT2D eigenvalue weighted by Crippen LogP contribution is 2.31. The summed E-state index contributed by atoms with van der Waals surface area (Å²) in [6.07, 6.45) is 15.5. The van der Waals surface area contributed by atoms with Gasteiger partial charge in [-0.05, 0) is 77.0 Å². The Balaban J connectivity index is 1.39. The van der Waals surface area contributed by atoms with Gasteiger partial charge in [-0.25, -0.2) is 0 Å². The minimum absolute atomic E-state index is 0.403. The van der Waals surface area contributed by atoms with Crippen LogP contribution in [0.15, 0.2) is 0 Å². The predicted octanol–water partition coefficient (Wildman–Crippen LogP) is 2.87. The lowest BCUT2D eigenvalue weighted by Gasteiger charge is -2.36. The van der Waals surface area contributed by atoms with E-state index in [9.17, 15) is 0 Å². The number of nitrogens with two attached hydrogens (primary N) is 2. The van der Waals surface area contributed by atoms with Crippen molar-refractivity contribution in [1.29, 1.82) is 0 Å². The molecule has 0 spiro atoms. The van der Waals surface area contributed by atoms with E-state index in [0.717, 1.165) is 57.8 Å². The largest absolute Gasteiger partial charge is 0.375 e. The van der Waals surface area contributed by atoms with Crippen molar-refractivity contribution in [3.05, 3.63) is 0 Å². The van der Waals surface area contributed by atoms with Crippen molar-refractivity contribution in [3.8, 4) is 0 Å². The molecule has 0 radical (unpaired) electrons. The minimum Gasteiger partial charge on any atom is -0.375 e. The van der Waals surface area contributed by atoms with Gasteiger partial charge in [0, 0.05) is 12.1 Å². The normalized spacial score (nSPS) is 43.9. The highest BCUT2D eigenvalue weighted by atomic mass is 16.5. The highest BCUT2D eigenvalue weighted by Gasteiger charge is 2.29. The van der Waals surface area contributed by atoms with Gasteiger partial charge in [0.1, 0.15) is 0 Å². The Morgan fingerprint density at radius 1 is 0.500 bits per heavy atom. The Kier molecular flexibility index (Phi) is 6.14. The van der Waals surface area contributed by atoms with Crippen LogP contribution in [0.1, 0.15) is 77.0 Å². The van der Waals surface area contributed by atoms with Crippen molar-refractivity contribution in [2.24, 2.45) is 11.5 Å². The van der Waals surface area contributed by atoms with Gasteiger partial charge in [-0.15, -0.1) is 0 Å². The fraction of sp³-hybridized carbons (Fsp3) is 1.00. The van der Waals surface area contributed by atoms with Crippen LogP contribution in [-0.2, 0) is 9.47 Å². The zero-order valence-corrected chi connectivity index (χ0v) is 13.9. The maximum atomic E-state index is 6.36. The molecule has 0 heterocycles. The van der Waals surface area contributed by atoms with E-state index in [0.29, 0.717) is 36.5 Å². The summed E-state index contributed by atoms with van der Waals surface area (Å²) < 4.78 is 12.7. The Hall–Kier alpha value is -0.160. The number of hydrogen-bond acceptors (Lipinski definition) is 4. The van der Waals surface area contributed by atoms with E-state index < -0.39 is 0 Å². The molecule has 0 aromatic carbocycles. The van der Waals surface area contributed by atoms with Gasteiger partial charge in [0.05, 0.1) is 24.4 Å². The van der Waals surface area contributed by atoms with Gasteiger partial charge in [-0.2, -0.15) is 0 Å². The summed E-state index contributed by atoms with van der Waals surface area (Å²) in [6, 6.07) is 0.805.